The summed E-state index contributed by atoms with van der Waals surface area (Å²) in [6.07, 6.45) is 30.6. The van der Waals surface area contributed by atoms with Gasteiger partial charge in [-0.3, -0.25) is 54.3 Å². The number of terminal acetylenes is 3. The predicted molar refractivity (Wildman–Crippen MR) is 535 cm³/mol. The Morgan fingerprint density at radius 3 is 1.12 bits per heavy atom. The molecule has 4 fully saturated rings. The smallest absolute Gasteiger partial charge is 0.407 e. The van der Waals surface area contributed by atoms with Crippen molar-refractivity contribution in [2.75, 3.05) is 51.7 Å². The number of benzene rings is 8. The molecule has 4 aromatic heterocycles. The number of H-pyrrole nitrogens is 4. The first kappa shape index (κ1) is 104. The molecule has 4 heterocycles. The fraction of sp³-hybridized carbons (Fsp3) is 0.373. The van der Waals surface area contributed by atoms with Gasteiger partial charge in [0.2, 0.25) is 0 Å². The summed E-state index contributed by atoms with van der Waals surface area (Å²) in [5, 5.41) is 43.2. The van der Waals surface area contributed by atoms with Crippen molar-refractivity contribution in [3.8, 4) is 54.3 Å². The summed E-state index contributed by atoms with van der Waals surface area (Å²) in [4.78, 5) is 144. The number of anilines is 1. The van der Waals surface area contributed by atoms with E-state index in [1.54, 1.807) is 52.3 Å². The van der Waals surface area contributed by atoms with Gasteiger partial charge in [0.15, 0.2) is 23.3 Å². The molecule has 11 N–H and O–H groups in total. The van der Waals surface area contributed by atoms with E-state index in [9.17, 15) is 59.1 Å². The second-order valence-electron chi connectivity index (χ2n) is 33.9. The van der Waals surface area contributed by atoms with Crippen LogP contribution in [0.5, 0.6) is 17.2 Å². The molecule has 0 bridgehead atoms. The van der Waals surface area contributed by atoms with E-state index in [2.05, 4.69) is 85.7 Å². The molecule has 5 amide bonds. The number of fused-ring (bicyclic) bond motifs is 4. The second-order valence-corrected chi connectivity index (χ2v) is 33.9. The number of nitrogens with two attached hydrogens (primary N) is 2. The highest BCUT2D eigenvalue weighted by Gasteiger charge is 2.36. The van der Waals surface area contributed by atoms with E-state index in [1.165, 1.54) is 48.0 Å². The van der Waals surface area contributed by atoms with Crippen molar-refractivity contribution in [2.45, 2.75) is 198 Å². The molecule has 139 heavy (non-hydrogen) atoms. The summed E-state index contributed by atoms with van der Waals surface area (Å²) < 4.78 is 21.3. The molecule has 8 atom stereocenters. The number of aromatic amines is 4. The number of amides is 5. The summed E-state index contributed by atoms with van der Waals surface area (Å²) in [6, 6.07) is 51.5. The predicted octanol–water partition coefficient (Wildman–Crippen LogP) is 16.2. The lowest BCUT2D eigenvalue weighted by Gasteiger charge is -2.37. The molecule has 0 spiro atoms. The van der Waals surface area contributed by atoms with Crippen LogP contribution in [0, 0.1) is 67.4 Å². The zero-order valence-corrected chi connectivity index (χ0v) is 79.8. The van der Waals surface area contributed by atoms with E-state index in [4.69, 9.17) is 49.7 Å². The summed E-state index contributed by atoms with van der Waals surface area (Å²) in [5.41, 5.74) is 20.8. The zero-order valence-electron chi connectivity index (χ0n) is 78.1. The molecule has 16 rings (SSSR count). The Labute approximate surface area is 815 Å². The van der Waals surface area contributed by atoms with Crippen LogP contribution < -0.4 is 41.6 Å². The highest BCUT2D eigenvalue weighted by Crippen LogP contribution is 2.33. The number of rotatable bonds is 31. The van der Waals surface area contributed by atoms with Gasteiger partial charge in [-0.1, -0.05) is 72.4 Å². The molecular formula is C102H117BrN20O16. The van der Waals surface area contributed by atoms with Crippen LogP contribution in [0.25, 0.3) is 44.1 Å². The van der Waals surface area contributed by atoms with Crippen molar-refractivity contribution >= 4 is 120 Å². The van der Waals surface area contributed by atoms with Gasteiger partial charge in [-0.25, -0.2) is 24.7 Å². The molecule has 0 radical (unpaired) electrons. The lowest BCUT2D eigenvalue weighted by atomic mass is 9.89. The van der Waals surface area contributed by atoms with Crippen LogP contribution in [0.3, 0.4) is 0 Å². The summed E-state index contributed by atoms with van der Waals surface area (Å²) >= 11 is 0. The number of carbonyl (C=O) groups excluding carboxylic acids is 6. The van der Waals surface area contributed by atoms with Crippen molar-refractivity contribution in [3.05, 3.63) is 252 Å². The number of hydrogen-bond acceptors (Lipinski definition) is 24. The van der Waals surface area contributed by atoms with Crippen LogP contribution in [-0.2, 0) is 24.4 Å². The number of nitrogen functional groups attached to an aromatic ring is 1. The van der Waals surface area contributed by atoms with Crippen LogP contribution in [0.2, 0.25) is 0 Å². The summed E-state index contributed by atoms with van der Waals surface area (Å²) in [6.45, 7) is 12.6. The third-order valence-electron chi connectivity index (χ3n) is 24.7. The number of halogens is 1. The van der Waals surface area contributed by atoms with E-state index in [-0.39, 0.29) is 138 Å². The number of nitro benzene ring substituents is 3. The fourth-order valence-electron chi connectivity index (χ4n) is 17.8. The minimum atomic E-state index is -0.486. The van der Waals surface area contributed by atoms with Gasteiger partial charge in [0.25, 0.3) is 40.7 Å². The minimum Gasteiger partial charge on any atom is -0.481 e. The number of ether oxygens (including phenoxy) is 4. The molecule has 728 valence electrons. The normalized spacial score (nSPS) is 17.4. The maximum atomic E-state index is 13.3. The largest absolute Gasteiger partial charge is 0.481 e. The summed E-state index contributed by atoms with van der Waals surface area (Å²) in [7, 11) is 0. The molecule has 0 saturated heterocycles. The Morgan fingerprint density at radius 2 is 0.770 bits per heavy atom. The zero-order chi connectivity index (χ0) is 98.2. The molecule has 12 aromatic rings. The van der Waals surface area contributed by atoms with Gasteiger partial charge in [0.05, 0.1) is 58.9 Å². The average Bonchev–Trinajstić information content (AvgIpc) is 1.67. The van der Waals surface area contributed by atoms with Crippen LogP contribution in [0.4, 0.5) is 27.5 Å². The lowest BCUT2D eigenvalue weighted by Crippen LogP contribution is -2.48. The molecule has 4 aliphatic carbocycles. The van der Waals surface area contributed by atoms with E-state index >= 15 is 0 Å². The third kappa shape index (κ3) is 29.2. The first-order chi connectivity index (χ1) is 66.8. The van der Waals surface area contributed by atoms with Crippen LogP contribution >= 0.6 is 17.0 Å². The van der Waals surface area contributed by atoms with Crippen molar-refractivity contribution in [1.29, 1.82) is 0 Å². The highest BCUT2D eigenvalue weighted by atomic mass is 79.9. The maximum Gasteiger partial charge on any atom is 0.407 e. The van der Waals surface area contributed by atoms with Gasteiger partial charge in [0, 0.05) is 135 Å². The molecule has 4 aliphatic rings. The molecule has 4 saturated carbocycles. The lowest BCUT2D eigenvalue weighted by molar-refractivity contribution is -0.384. The van der Waals surface area contributed by atoms with Gasteiger partial charge >= 0.3 is 6.09 Å². The number of nitro groups is 3. The Kier molecular flexibility index (Phi) is 38.8. The topological polar surface area (TPSA) is 485 Å². The van der Waals surface area contributed by atoms with E-state index in [1.807, 2.05) is 116 Å². The Balaban J connectivity index is 0.000000171. The number of alkyl carbamates (subject to hydrolysis) is 1. The van der Waals surface area contributed by atoms with Gasteiger partial charge in [0.1, 0.15) is 50.0 Å². The average molecular weight is 1960 g/mol. The number of nitrogens with zero attached hydrogens (tertiary/aromatic N) is 11. The standard InChI is InChI=1S/C26H29N5O4.C26H31N5O2.C24H27N5O5.C16H21N5O3.C10H8O2.BrH/c1-3-14-35-22-11-8-18(9-12-22)17-27-19-6-5-7-20(15-19)30(4-2)26(32)25-28-23-13-10-21(31(33)34)16-24(23)29-25;1-3-14-33-22-11-8-18(9-12-22)17-28-20-6-5-7-21(16-20)31(4-2)26(32)25-29-23-13-10-19(27)15-24(23)30-25;1-2-28(23(30)22-26-20-12-11-19(29(32)33)14-21(20)27-22)18-10-6-9-17(13-18)25-24(31)34-15-16-7-4-3-5-8-16;1-2-20(11-5-3-4-10(17)8-11)16(22)15-18-13-7-6-12(21(23)24)9-14(13)19-15;1-2-7-12-10-5-3-9(8-11)4-6-10;/h1,8-13,16,19-20,27H,4-7,14-15,17H2,2H3,(H,28,29);1,8-13,15,20-21,28H,4-7,14,16-17,27H2,2H3,(H,29,30);3-5,7-8,11-12,14,17-18H,2,6,9-10,13,15H2,1H3,(H,25,31)(H,26,27);6-7,9-11H,2-5,8,17H2,1H3,(H,18,19);1,3-6,8H,7H2;1H/t19-,20+;20-,21+;17-,18+;10-,11+;;/m1111../s1. The molecule has 0 aliphatic heterocycles. The maximum absolute atomic E-state index is 13.3. The second kappa shape index (κ2) is 51.7. The van der Waals surface area contributed by atoms with Crippen molar-refractivity contribution in [1.82, 2.24) is 75.4 Å². The quantitative estimate of drug-likeness (QED) is 0.00640. The van der Waals surface area contributed by atoms with Crippen LogP contribution in [0.1, 0.15) is 200 Å². The van der Waals surface area contributed by atoms with Crippen molar-refractivity contribution in [2.24, 2.45) is 5.73 Å². The number of carbonyl (C=O) groups is 6. The monoisotopic (exact) mass is 1960 g/mol. The van der Waals surface area contributed by atoms with Gasteiger partial charge < -0.3 is 85.9 Å². The number of imidazole rings is 4. The number of hydrogen-bond donors (Lipinski definition) is 9. The first-order valence-electron chi connectivity index (χ1n) is 46.4. The Bertz CT molecular complexity index is 6310. The van der Waals surface area contributed by atoms with Gasteiger partial charge in [-0.2, -0.15) is 0 Å². The van der Waals surface area contributed by atoms with E-state index < -0.39 is 20.9 Å². The SMILES string of the molecule is Br.C#CCOc1ccc(C=O)cc1.C#CCOc1ccc(CN[C@@H]2CCC[C@H](N(CC)C(=O)c3nc4ccc(N)cc4[nH]3)C2)cc1.C#CCOc1ccc(CN[C@@H]2CCC[C@H](N(CC)C(=O)c3nc4ccc([N+](=O)[O-])cc4[nH]3)C2)cc1.CCN(C(=O)c1nc2ccc([N+](=O)[O-])cc2[nH]1)[C@H]1CCC[C@@H](N)C1.CCN(C(=O)c1nc2ccc([N+](=O)[O-])cc2[nH]1)[C@H]1CCC[C@@H](NC(=O)OCc2ccccc2)C1. The van der Waals surface area contributed by atoms with E-state index in [0.717, 1.165) is 149 Å². The number of nitrogens with one attached hydrogen (secondary N) is 7. The molecular weight excluding hydrogens is 1840 g/mol. The summed E-state index contributed by atoms with van der Waals surface area (Å²) in [5.74, 6) is 9.75. The minimum absolute atomic E-state index is 0. The molecule has 36 nitrogen and oxygen atoms in total. The fourth-order valence-corrected chi connectivity index (χ4v) is 17.8. The number of aromatic nitrogens is 8. The molecule has 37 heteroatoms. The van der Waals surface area contributed by atoms with Gasteiger partial charge in [-0.05, 0) is 232 Å². The van der Waals surface area contributed by atoms with Crippen molar-refractivity contribution in [3.63, 3.8) is 0 Å². The number of non-ortho nitro benzene ring substituents is 3. The molecule has 8 aromatic carbocycles. The van der Waals surface area contributed by atoms with Crippen molar-refractivity contribution < 1.29 is 62.5 Å². The van der Waals surface area contributed by atoms with Gasteiger partial charge in [-0.15, -0.1) is 36.3 Å². The highest BCUT2D eigenvalue weighted by molar-refractivity contribution is 8.93. The van der Waals surface area contributed by atoms with E-state index in [0.29, 0.717) is 101 Å². The Morgan fingerprint density at radius 1 is 0.439 bits per heavy atom. The van der Waals surface area contributed by atoms with Crippen LogP contribution in [-0.4, -0.2) is 205 Å². The van der Waals surface area contributed by atoms with Crippen LogP contribution in [0.15, 0.2) is 176 Å². The first-order valence-corrected chi connectivity index (χ1v) is 46.4. The Hall–Kier alpha value is -15.1. The molecule has 0 unspecified atom stereocenters. The number of aldehydes is 1. The third-order valence-corrected chi connectivity index (χ3v) is 24.7.